The molecule has 1 heterocycles. The number of rotatable bonds is 4. The van der Waals surface area contributed by atoms with E-state index in [0.717, 1.165) is 16.5 Å². The first-order chi connectivity index (χ1) is 13.2. The van der Waals surface area contributed by atoms with E-state index >= 15 is 0 Å². The first kappa shape index (κ1) is 21.1. The summed E-state index contributed by atoms with van der Waals surface area (Å²) in [6.45, 7) is 0. The van der Waals surface area contributed by atoms with E-state index in [9.17, 15) is 0 Å². The second kappa shape index (κ2) is 9.71. The summed E-state index contributed by atoms with van der Waals surface area (Å²) < 4.78 is 0. The maximum absolute atomic E-state index is 6.31. The number of hydrogen-bond acceptors (Lipinski definition) is 3. The molecule has 0 aliphatic carbocycles. The first-order valence-electron chi connectivity index (χ1n) is 8.71. The molecule has 6 heteroatoms. The summed E-state index contributed by atoms with van der Waals surface area (Å²) in [7, 11) is 0. The van der Waals surface area contributed by atoms with Gasteiger partial charge in [-0.15, -0.1) is 12.4 Å². The van der Waals surface area contributed by atoms with Crippen LogP contribution in [0.2, 0.25) is 10.0 Å². The van der Waals surface area contributed by atoms with Gasteiger partial charge in [0.1, 0.15) is 6.04 Å². The smallest absolute Gasteiger partial charge is 0.158 e. The SMILES string of the molecule is Cl.Clc1ccc(CSC2=N[C@H](c3ccccc3)[C@H](c3ccccc3)N2)c(Cl)c1. The number of nitrogens with one attached hydrogen (secondary N) is 1. The normalized spacial score (nSPS) is 18.1. The maximum Gasteiger partial charge on any atom is 0.158 e. The van der Waals surface area contributed by atoms with Gasteiger partial charge in [0.05, 0.1) is 6.04 Å². The van der Waals surface area contributed by atoms with E-state index in [-0.39, 0.29) is 24.5 Å². The highest BCUT2D eigenvalue weighted by molar-refractivity contribution is 8.13. The van der Waals surface area contributed by atoms with Crippen molar-refractivity contribution in [2.75, 3.05) is 0 Å². The third-order valence-electron chi connectivity index (χ3n) is 4.53. The molecule has 2 atom stereocenters. The minimum atomic E-state index is 0. The Kier molecular flexibility index (Phi) is 7.30. The van der Waals surface area contributed by atoms with E-state index in [0.29, 0.717) is 10.0 Å². The molecular formula is C22H19Cl3N2S. The van der Waals surface area contributed by atoms with E-state index in [1.807, 2.05) is 24.3 Å². The quantitative estimate of drug-likeness (QED) is 0.460. The van der Waals surface area contributed by atoms with Gasteiger partial charge in [0, 0.05) is 15.8 Å². The van der Waals surface area contributed by atoms with E-state index in [1.165, 1.54) is 11.1 Å². The molecule has 3 aromatic rings. The largest absolute Gasteiger partial charge is 0.356 e. The van der Waals surface area contributed by atoms with Crippen LogP contribution in [-0.2, 0) is 5.75 Å². The average Bonchev–Trinajstić information content (AvgIpc) is 3.13. The Morgan fingerprint density at radius 3 is 2.14 bits per heavy atom. The van der Waals surface area contributed by atoms with Gasteiger partial charge in [0.2, 0.25) is 0 Å². The Bertz CT molecular complexity index is 949. The van der Waals surface area contributed by atoms with Gasteiger partial charge in [-0.3, -0.25) is 4.99 Å². The van der Waals surface area contributed by atoms with Crippen molar-refractivity contribution in [1.82, 2.24) is 5.32 Å². The van der Waals surface area contributed by atoms with E-state index < -0.39 is 0 Å². The van der Waals surface area contributed by atoms with Crippen molar-refractivity contribution in [2.45, 2.75) is 17.8 Å². The minimum absolute atomic E-state index is 0. The van der Waals surface area contributed by atoms with Crippen molar-refractivity contribution in [2.24, 2.45) is 4.99 Å². The highest BCUT2D eigenvalue weighted by atomic mass is 35.5. The van der Waals surface area contributed by atoms with Gasteiger partial charge in [-0.25, -0.2) is 0 Å². The lowest BCUT2D eigenvalue weighted by Gasteiger charge is -2.19. The number of amidine groups is 1. The molecule has 0 spiro atoms. The molecule has 1 aliphatic rings. The molecule has 0 bridgehead atoms. The Balaban J connectivity index is 0.00000225. The zero-order valence-electron chi connectivity index (χ0n) is 14.9. The molecule has 0 saturated carbocycles. The zero-order valence-corrected chi connectivity index (χ0v) is 18.0. The van der Waals surface area contributed by atoms with Crippen LogP contribution in [0.5, 0.6) is 0 Å². The molecule has 0 saturated heterocycles. The van der Waals surface area contributed by atoms with Crippen molar-refractivity contribution < 1.29 is 0 Å². The molecule has 144 valence electrons. The van der Waals surface area contributed by atoms with E-state index in [2.05, 4.69) is 53.8 Å². The molecule has 4 rings (SSSR count). The number of thioether (sulfide) groups is 1. The van der Waals surface area contributed by atoms with Crippen LogP contribution in [0, 0.1) is 0 Å². The highest BCUT2D eigenvalue weighted by Crippen LogP contribution is 2.38. The molecule has 0 radical (unpaired) electrons. The summed E-state index contributed by atoms with van der Waals surface area (Å²) in [6, 6.07) is 26.7. The van der Waals surface area contributed by atoms with Crippen LogP contribution in [0.15, 0.2) is 83.9 Å². The Morgan fingerprint density at radius 2 is 1.50 bits per heavy atom. The molecule has 0 amide bonds. The molecule has 1 aliphatic heterocycles. The van der Waals surface area contributed by atoms with Crippen LogP contribution < -0.4 is 5.32 Å². The van der Waals surface area contributed by atoms with Gasteiger partial charge in [0.25, 0.3) is 0 Å². The zero-order chi connectivity index (χ0) is 18.6. The summed E-state index contributed by atoms with van der Waals surface area (Å²) >= 11 is 14.0. The van der Waals surface area contributed by atoms with Crippen LogP contribution in [0.1, 0.15) is 28.8 Å². The Hall–Kier alpha value is -1.65. The number of halogens is 3. The molecule has 0 unspecified atom stereocenters. The highest BCUT2D eigenvalue weighted by Gasteiger charge is 2.31. The first-order valence-corrected chi connectivity index (χ1v) is 10.5. The molecular weight excluding hydrogens is 431 g/mol. The summed E-state index contributed by atoms with van der Waals surface area (Å²) in [5.41, 5.74) is 3.49. The molecule has 0 aromatic heterocycles. The average molecular weight is 450 g/mol. The van der Waals surface area contributed by atoms with Gasteiger partial charge in [0.15, 0.2) is 5.17 Å². The second-order valence-electron chi connectivity index (χ2n) is 6.35. The van der Waals surface area contributed by atoms with Crippen molar-refractivity contribution >= 4 is 52.5 Å². The van der Waals surface area contributed by atoms with Gasteiger partial charge in [-0.2, -0.15) is 0 Å². The number of hydrogen-bond donors (Lipinski definition) is 1. The van der Waals surface area contributed by atoms with Crippen molar-refractivity contribution in [3.8, 4) is 0 Å². The molecule has 3 aromatic carbocycles. The number of nitrogens with zero attached hydrogens (tertiary/aromatic N) is 1. The van der Waals surface area contributed by atoms with E-state index in [4.69, 9.17) is 28.2 Å². The molecule has 28 heavy (non-hydrogen) atoms. The number of aliphatic imine (C=N–C) groups is 1. The number of benzene rings is 3. The van der Waals surface area contributed by atoms with Crippen molar-refractivity contribution in [3.05, 3.63) is 106 Å². The van der Waals surface area contributed by atoms with E-state index in [1.54, 1.807) is 17.8 Å². The fourth-order valence-corrected chi connectivity index (χ4v) is 4.65. The van der Waals surface area contributed by atoms with Crippen LogP contribution >= 0.6 is 47.4 Å². The van der Waals surface area contributed by atoms with Crippen molar-refractivity contribution in [3.63, 3.8) is 0 Å². The lowest BCUT2D eigenvalue weighted by molar-refractivity contribution is 0.573. The third-order valence-corrected chi connectivity index (χ3v) is 6.07. The van der Waals surface area contributed by atoms with Crippen LogP contribution in [0.3, 0.4) is 0 Å². The second-order valence-corrected chi connectivity index (χ2v) is 8.15. The fourth-order valence-electron chi connectivity index (χ4n) is 3.16. The summed E-state index contributed by atoms with van der Waals surface area (Å²) in [5.74, 6) is 0.741. The fraction of sp³-hybridized carbons (Fsp3) is 0.136. The molecule has 0 fully saturated rings. The lowest BCUT2D eigenvalue weighted by Crippen LogP contribution is -2.22. The topological polar surface area (TPSA) is 24.4 Å². The molecule has 2 nitrogen and oxygen atoms in total. The Morgan fingerprint density at radius 1 is 0.857 bits per heavy atom. The monoisotopic (exact) mass is 448 g/mol. The van der Waals surface area contributed by atoms with Gasteiger partial charge in [-0.05, 0) is 28.8 Å². The summed E-state index contributed by atoms with van der Waals surface area (Å²) in [4.78, 5) is 4.98. The van der Waals surface area contributed by atoms with Gasteiger partial charge in [-0.1, -0.05) is 102 Å². The maximum atomic E-state index is 6.31. The van der Waals surface area contributed by atoms with Gasteiger partial charge < -0.3 is 5.32 Å². The summed E-state index contributed by atoms with van der Waals surface area (Å²) in [5, 5.41) is 5.87. The van der Waals surface area contributed by atoms with Crippen LogP contribution in [0.25, 0.3) is 0 Å². The van der Waals surface area contributed by atoms with Crippen molar-refractivity contribution in [1.29, 1.82) is 0 Å². The lowest BCUT2D eigenvalue weighted by atomic mass is 9.95. The summed E-state index contributed by atoms with van der Waals surface area (Å²) in [6.07, 6.45) is 0. The van der Waals surface area contributed by atoms with Gasteiger partial charge >= 0.3 is 0 Å². The predicted octanol–water partition coefficient (Wildman–Crippen LogP) is 7.09. The third kappa shape index (κ3) is 4.84. The predicted molar refractivity (Wildman–Crippen MR) is 124 cm³/mol. The Labute approximate surface area is 185 Å². The van der Waals surface area contributed by atoms with Crippen LogP contribution in [-0.4, -0.2) is 5.17 Å². The van der Waals surface area contributed by atoms with Crippen LogP contribution in [0.4, 0.5) is 0 Å². The standard InChI is InChI=1S/C22H18Cl2N2S.ClH/c23-18-12-11-17(19(24)13-18)14-27-22-25-20(15-7-3-1-4-8-15)21(26-22)16-9-5-2-6-10-16;/h1-13,20-21H,14H2,(H,25,26);1H/t20-,21+;. The molecule has 1 N–H and O–H groups in total. The minimum Gasteiger partial charge on any atom is -0.356 e.